The van der Waals surface area contributed by atoms with Crippen LogP contribution in [0.5, 0.6) is 0 Å². The van der Waals surface area contributed by atoms with Gasteiger partial charge in [0.05, 0.1) is 19.3 Å². The Balaban J connectivity index is 1.85. The van der Waals surface area contributed by atoms with Crippen molar-refractivity contribution >= 4 is 0 Å². The molecule has 126 valence electrons. The summed E-state index contributed by atoms with van der Waals surface area (Å²) in [6.07, 6.45) is 5.02. The Kier molecular flexibility index (Phi) is 4.66. The molecule has 0 bridgehead atoms. The highest BCUT2D eigenvalue weighted by Crippen LogP contribution is 2.19. The van der Waals surface area contributed by atoms with E-state index < -0.39 is 11.6 Å². The van der Waals surface area contributed by atoms with Gasteiger partial charge in [0.1, 0.15) is 5.82 Å². The van der Waals surface area contributed by atoms with E-state index in [1.807, 2.05) is 13.2 Å². The van der Waals surface area contributed by atoms with Crippen LogP contribution in [-0.4, -0.2) is 36.3 Å². The molecule has 0 aliphatic rings. The number of aryl methyl sites for hydroxylation is 3. The minimum absolute atomic E-state index is 0.0829. The van der Waals surface area contributed by atoms with Gasteiger partial charge in [0.2, 0.25) is 0 Å². The van der Waals surface area contributed by atoms with E-state index in [-0.39, 0.29) is 6.61 Å². The van der Waals surface area contributed by atoms with Crippen LogP contribution in [0.25, 0.3) is 11.4 Å². The molecule has 0 aliphatic carbocycles. The van der Waals surface area contributed by atoms with Crippen molar-refractivity contribution in [3.8, 4) is 11.4 Å². The van der Waals surface area contributed by atoms with Crippen molar-refractivity contribution in [2.24, 2.45) is 7.05 Å². The molecule has 0 saturated carbocycles. The molecule has 2 aromatic heterocycles. The summed E-state index contributed by atoms with van der Waals surface area (Å²) in [7, 11) is 1.85. The third-order valence-electron chi connectivity index (χ3n) is 3.63. The highest BCUT2D eigenvalue weighted by Gasteiger charge is 2.13. The van der Waals surface area contributed by atoms with Crippen LogP contribution in [0.2, 0.25) is 0 Å². The standard InChI is InChI=1S/C16H17F2N5O/c1-22-10-11(9-19-22)2-5-15-20-16(21-23(15)6-7-24)12-3-4-13(17)14(18)8-12/h3-4,8-10,24H,2,5-7H2,1H3. The summed E-state index contributed by atoms with van der Waals surface area (Å²) < 4.78 is 29.8. The molecule has 0 spiro atoms. The van der Waals surface area contributed by atoms with Crippen molar-refractivity contribution in [2.45, 2.75) is 19.4 Å². The first kappa shape index (κ1) is 16.3. The molecule has 6 nitrogen and oxygen atoms in total. The second-order valence-corrected chi connectivity index (χ2v) is 5.45. The third-order valence-corrected chi connectivity index (χ3v) is 3.63. The minimum atomic E-state index is -0.942. The Labute approximate surface area is 137 Å². The average Bonchev–Trinajstić information content (AvgIpc) is 3.15. The molecule has 0 unspecified atom stereocenters. The maximum absolute atomic E-state index is 13.4. The first-order valence-corrected chi connectivity index (χ1v) is 7.54. The molecular formula is C16H17F2N5O. The lowest BCUT2D eigenvalue weighted by Gasteiger charge is -2.02. The fourth-order valence-corrected chi connectivity index (χ4v) is 2.45. The molecule has 0 fully saturated rings. The number of aliphatic hydroxyl groups excluding tert-OH is 1. The summed E-state index contributed by atoms with van der Waals surface area (Å²) in [5.41, 5.74) is 1.46. The number of aliphatic hydroxyl groups is 1. The molecule has 0 atom stereocenters. The van der Waals surface area contributed by atoms with Gasteiger partial charge in [-0.05, 0) is 30.2 Å². The number of aromatic nitrogens is 5. The van der Waals surface area contributed by atoms with E-state index in [1.165, 1.54) is 6.07 Å². The van der Waals surface area contributed by atoms with Gasteiger partial charge in [-0.2, -0.15) is 10.2 Å². The molecule has 1 aromatic carbocycles. The molecule has 2 heterocycles. The number of halogens is 2. The average molecular weight is 333 g/mol. The van der Waals surface area contributed by atoms with Crippen LogP contribution in [-0.2, 0) is 26.4 Å². The van der Waals surface area contributed by atoms with Gasteiger partial charge in [0.15, 0.2) is 17.5 Å². The molecule has 3 rings (SSSR count). The lowest BCUT2D eigenvalue weighted by atomic mass is 10.2. The fourth-order valence-electron chi connectivity index (χ4n) is 2.45. The predicted molar refractivity (Wildman–Crippen MR) is 83.1 cm³/mol. The Morgan fingerprint density at radius 1 is 1.17 bits per heavy atom. The topological polar surface area (TPSA) is 68.8 Å². The molecular weight excluding hydrogens is 316 g/mol. The van der Waals surface area contributed by atoms with E-state index in [9.17, 15) is 13.9 Å². The maximum atomic E-state index is 13.4. The molecule has 0 aliphatic heterocycles. The van der Waals surface area contributed by atoms with Gasteiger partial charge in [0.25, 0.3) is 0 Å². The smallest absolute Gasteiger partial charge is 0.181 e. The van der Waals surface area contributed by atoms with Gasteiger partial charge < -0.3 is 5.11 Å². The number of rotatable bonds is 6. The maximum Gasteiger partial charge on any atom is 0.181 e. The summed E-state index contributed by atoms with van der Waals surface area (Å²) in [6.45, 7) is 0.208. The summed E-state index contributed by atoms with van der Waals surface area (Å²) >= 11 is 0. The van der Waals surface area contributed by atoms with Gasteiger partial charge in [-0.15, -0.1) is 0 Å². The Hall–Kier alpha value is -2.61. The molecule has 1 N–H and O–H groups in total. The van der Waals surface area contributed by atoms with E-state index >= 15 is 0 Å². The molecule has 24 heavy (non-hydrogen) atoms. The highest BCUT2D eigenvalue weighted by molar-refractivity contribution is 5.54. The lowest BCUT2D eigenvalue weighted by molar-refractivity contribution is 0.267. The van der Waals surface area contributed by atoms with Crippen molar-refractivity contribution in [2.75, 3.05) is 6.61 Å². The number of benzene rings is 1. The van der Waals surface area contributed by atoms with Gasteiger partial charge >= 0.3 is 0 Å². The van der Waals surface area contributed by atoms with Crippen molar-refractivity contribution in [1.29, 1.82) is 0 Å². The van der Waals surface area contributed by atoms with Gasteiger partial charge in [-0.25, -0.2) is 18.4 Å². The van der Waals surface area contributed by atoms with Crippen LogP contribution in [0.4, 0.5) is 8.78 Å². The summed E-state index contributed by atoms with van der Waals surface area (Å²) in [4.78, 5) is 4.42. The van der Waals surface area contributed by atoms with Crippen LogP contribution >= 0.6 is 0 Å². The summed E-state index contributed by atoms with van der Waals surface area (Å²) in [5.74, 6) is -0.871. The van der Waals surface area contributed by atoms with Crippen LogP contribution in [0.1, 0.15) is 11.4 Å². The van der Waals surface area contributed by atoms with Crippen molar-refractivity contribution in [1.82, 2.24) is 24.5 Å². The zero-order chi connectivity index (χ0) is 17.1. The first-order chi connectivity index (χ1) is 11.6. The molecule has 8 heteroatoms. The number of hydrogen-bond donors (Lipinski definition) is 1. The van der Waals surface area contributed by atoms with Crippen LogP contribution < -0.4 is 0 Å². The predicted octanol–water partition coefficient (Wildman–Crippen LogP) is 1.73. The second kappa shape index (κ2) is 6.88. The Morgan fingerprint density at radius 2 is 2.00 bits per heavy atom. The minimum Gasteiger partial charge on any atom is -0.394 e. The molecule has 3 aromatic rings. The lowest BCUT2D eigenvalue weighted by Crippen LogP contribution is -2.09. The Morgan fingerprint density at radius 3 is 2.67 bits per heavy atom. The van der Waals surface area contributed by atoms with Crippen molar-refractivity contribution in [3.05, 3.63) is 53.6 Å². The normalized spacial score (nSPS) is 11.2. The summed E-state index contributed by atoms with van der Waals surface area (Å²) in [6, 6.07) is 3.55. The molecule has 0 amide bonds. The van der Waals surface area contributed by atoms with E-state index in [0.717, 1.165) is 24.1 Å². The SMILES string of the molecule is Cn1cc(CCc2nc(-c3ccc(F)c(F)c3)nn2CCO)cn1. The van der Waals surface area contributed by atoms with E-state index in [0.29, 0.717) is 30.2 Å². The van der Waals surface area contributed by atoms with Crippen LogP contribution in [0, 0.1) is 11.6 Å². The molecule has 0 radical (unpaired) electrons. The van der Waals surface area contributed by atoms with E-state index in [1.54, 1.807) is 15.6 Å². The van der Waals surface area contributed by atoms with E-state index in [4.69, 9.17) is 0 Å². The summed E-state index contributed by atoms with van der Waals surface area (Å²) in [5, 5.41) is 17.6. The van der Waals surface area contributed by atoms with Crippen LogP contribution in [0.15, 0.2) is 30.6 Å². The quantitative estimate of drug-likeness (QED) is 0.746. The van der Waals surface area contributed by atoms with Gasteiger partial charge in [-0.1, -0.05) is 0 Å². The molecule has 0 saturated heterocycles. The third kappa shape index (κ3) is 3.48. The second-order valence-electron chi connectivity index (χ2n) is 5.45. The highest BCUT2D eigenvalue weighted by atomic mass is 19.2. The number of nitrogens with zero attached hydrogens (tertiary/aromatic N) is 5. The van der Waals surface area contributed by atoms with Gasteiger partial charge in [-0.3, -0.25) is 4.68 Å². The zero-order valence-corrected chi connectivity index (χ0v) is 13.2. The largest absolute Gasteiger partial charge is 0.394 e. The van der Waals surface area contributed by atoms with E-state index in [2.05, 4.69) is 15.2 Å². The number of hydrogen-bond acceptors (Lipinski definition) is 4. The van der Waals surface area contributed by atoms with Crippen LogP contribution in [0.3, 0.4) is 0 Å². The van der Waals surface area contributed by atoms with Gasteiger partial charge in [0, 0.05) is 25.2 Å². The Bertz CT molecular complexity index is 843. The van der Waals surface area contributed by atoms with Crippen molar-refractivity contribution < 1.29 is 13.9 Å². The van der Waals surface area contributed by atoms with Crippen molar-refractivity contribution in [3.63, 3.8) is 0 Å². The fraction of sp³-hybridized carbons (Fsp3) is 0.312. The monoisotopic (exact) mass is 333 g/mol. The first-order valence-electron chi connectivity index (χ1n) is 7.54. The zero-order valence-electron chi connectivity index (χ0n) is 13.2.